The summed E-state index contributed by atoms with van der Waals surface area (Å²) in [6.07, 6.45) is 4.03. The largest absolute Gasteiger partial charge is 0.489 e. The van der Waals surface area contributed by atoms with Crippen LogP contribution < -0.4 is 20.8 Å². The summed E-state index contributed by atoms with van der Waals surface area (Å²) in [5.74, 6) is 1.52. The van der Waals surface area contributed by atoms with Crippen LogP contribution in [0.25, 0.3) is 5.69 Å². The summed E-state index contributed by atoms with van der Waals surface area (Å²) < 4.78 is 15.1. The van der Waals surface area contributed by atoms with Crippen LogP contribution in [-0.4, -0.2) is 19.5 Å². The van der Waals surface area contributed by atoms with Crippen molar-refractivity contribution in [2.45, 2.75) is 51.2 Å². The second-order valence-electron chi connectivity index (χ2n) is 13.1. The van der Waals surface area contributed by atoms with Gasteiger partial charge in [-0.05, 0) is 75.5 Å². The number of hydrogen-bond donors (Lipinski definition) is 1. The van der Waals surface area contributed by atoms with E-state index < -0.39 is 8.32 Å². The van der Waals surface area contributed by atoms with Crippen LogP contribution in [0, 0.1) is 17.2 Å². The molecule has 45 heavy (non-hydrogen) atoms. The summed E-state index contributed by atoms with van der Waals surface area (Å²) in [6.45, 7) is 8.17. The molecular weight excluding hydrogens is 571 g/mol. The van der Waals surface area contributed by atoms with Crippen molar-refractivity contribution in [2.75, 3.05) is 12.3 Å². The number of rotatable bonds is 10. The van der Waals surface area contributed by atoms with E-state index in [-0.39, 0.29) is 5.04 Å². The Bertz CT molecular complexity index is 1710. The second-order valence-corrected chi connectivity index (χ2v) is 17.4. The van der Waals surface area contributed by atoms with Crippen molar-refractivity contribution >= 4 is 24.4 Å². The quantitative estimate of drug-likeness (QED) is 0.165. The Labute approximate surface area is 268 Å². The van der Waals surface area contributed by atoms with Gasteiger partial charge in [-0.15, -0.1) is 0 Å². The zero-order valence-corrected chi connectivity index (χ0v) is 27.3. The van der Waals surface area contributed by atoms with Crippen LogP contribution in [0.4, 0.5) is 5.69 Å². The molecule has 1 saturated carbocycles. The number of anilines is 1. The number of nitriles is 1. The van der Waals surface area contributed by atoms with Gasteiger partial charge in [0.1, 0.15) is 24.1 Å². The molecule has 1 heterocycles. The van der Waals surface area contributed by atoms with Gasteiger partial charge in [-0.2, -0.15) is 5.26 Å². The molecular formula is C39H41N3O2Si. The van der Waals surface area contributed by atoms with Crippen molar-refractivity contribution in [3.05, 3.63) is 138 Å². The van der Waals surface area contributed by atoms with Crippen LogP contribution in [0.1, 0.15) is 56.4 Å². The second kappa shape index (κ2) is 12.8. The normalized spacial score (nSPS) is 16.5. The summed E-state index contributed by atoms with van der Waals surface area (Å²) in [5, 5.41) is 12.6. The van der Waals surface area contributed by atoms with Crippen LogP contribution in [-0.2, 0) is 11.0 Å². The number of hydrogen-bond acceptors (Lipinski definition) is 4. The van der Waals surface area contributed by atoms with E-state index in [0.29, 0.717) is 36.4 Å². The first-order valence-electron chi connectivity index (χ1n) is 15.7. The lowest BCUT2D eigenvalue weighted by Gasteiger charge is -2.45. The van der Waals surface area contributed by atoms with Crippen molar-refractivity contribution in [1.82, 2.24) is 4.57 Å². The lowest BCUT2D eigenvalue weighted by Crippen LogP contribution is -2.67. The van der Waals surface area contributed by atoms with Crippen molar-refractivity contribution in [1.29, 1.82) is 5.26 Å². The van der Waals surface area contributed by atoms with E-state index in [9.17, 15) is 5.26 Å². The molecule has 0 unspecified atom stereocenters. The van der Waals surface area contributed by atoms with E-state index >= 15 is 0 Å². The summed E-state index contributed by atoms with van der Waals surface area (Å²) in [7, 11) is -2.57. The molecule has 1 aliphatic carbocycles. The molecule has 6 heteroatoms. The van der Waals surface area contributed by atoms with Gasteiger partial charge in [0, 0.05) is 18.5 Å². The first kappa shape index (κ1) is 30.5. The fourth-order valence-corrected chi connectivity index (χ4v) is 11.4. The molecule has 2 N–H and O–H groups in total. The maximum atomic E-state index is 10.0. The van der Waals surface area contributed by atoms with Crippen LogP contribution in [0.5, 0.6) is 5.75 Å². The molecule has 0 radical (unpaired) electrons. The molecule has 0 amide bonds. The number of aromatic nitrogens is 1. The molecule has 1 aliphatic rings. The zero-order chi connectivity index (χ0) is 31.4. The third kappa shape index (κ3) is 6.06. The van der Waals surface area contributed by atoms with E-state index in [4.69, 9.17) is 14.9 Å². The highest BCUT2D eigenvalue weighted by Gasteiger charge is 2.51. The van der Waals surface area contributed by atoms with Gasteiger partial charge >= 0.3 is 0 Å². The molecule has 6 rings (SSSR count). The Hall–Kier alpha value is -4.57. The molecule has 0 saturated heterocycles. The SMILES string of the molecule is CC(C)(C)[Si](OCC1CC(c2cn(-c3ccc(OCc4ccccc4)cc3)c(C#N)c2N)C1)(c1ccccc1)c1ccccc1. The molecule has 228 valence electrons. The number of nitrogen functional groups attached to an aromatic ring is 1. The maximum absolute atomic E-state index is 10.0. The Morgan fingerprint density at radius 1 is 0.822 bits per heavy atom. The van der Waals surface area contributed by atoms with Gasteiger partial charge in [0.15, 0.2) is 0 Å². The van der Waals surface area contributed by atoms with Crippen LogP contribution in [0.15, 0.2) is 121 Å². The fourth-order valence-electron chi connectivity index (χ4n) is 6.76. The Morgan fingerprint density at radius 2 is 1.38 bits per heavy atom. The number of nitrogens with zero attached hydrogens (tertiary/aromatic N) is 2. The van der Waals surface area contributed by atoms with Crippen LogP contribution in [0.3, 0.4) is 0 Å². The van der Waals surface area contributed by atoms with E-state index in [1.807, 2.05) is 59.2 Å². The average Bonchev–Trinajstić information content (AvgIpc) is 3.37. The van der Waals surface area contributed by atoms with E-state index in [1.165, 1.54) is 10.4 Å². The molecule has 1 fully saturated rings. The van der Waals surface area contributed by atoms with Gasteiger partial charge < -0.3 is 19.5 Å². The molecule has 4 aromatic carbocycles. The molecule has 0 atom stereocenters. The number of ether oxygens (including phenoxy) is 1. The Morgan fingerprint density at radius 3 is 1.91 bits per heavy atom. The van der Waals surface area contributed by atoms with Crippen molar-refractivity contribution in [3.63, 3.8) is 0 Å². The molecule has 1 aromatic heterocycles. The van der Waals surface area contributed by atoms with Gasteiger partial charge in [0.25, 0.3) is 8.32 Å². The summed E-state index contributed by atoms with van der Waals surface area (Å²) in [5.41, 5.74) is 10.7. The first-order chi connectivity index (χ1) is 21.8. The lowest BCUT2D eigenvalue weighted by atomic mass is 9.72. The highest BCUT2D eigenvalue weighted by molar-refractivity contribution is 6.99. The molecule has 5 nitrogen and oxygen atoms in total. The minimum atomic E-state index is -2.57. The minimum Gasteiger partial charge on any atom is -0.489 e. The van der Waals surface area contributed by atoms with Crippen LogP contribution in [0.2, 0.25) is 5.04 Å². The smallest absolute Gasteiger partial charge is 0.261 e. The number of nitrogens with two attached hydrogens (primary N) is 1. The summed E-state index contributed by atoms with van der Waals surface area (Å²) in [6, 6.07) is 41.9. The first-order valence-corrected chi connectivity index (χ1v) is 17.6. The third-order valence-corrected chi connectivity index (χ3v) is 14.2. The zero-order valence-electron chi connectivity index (χ0n) is 26.3. The van der Waals surface area contributed by atoms with E-state index in [0.717, 1.165) is 35.4 Å². The highest BCUT2D eigenvalue weighted by Crippen LogP contribution is 2.46. The van der Waals surface area contributed by atoms with Crippen LogP contribution >= 0.6 is 0 Å². The third-order valence-electron chi connectivity index (χ3n) is 9.17. The molecule has 0 spiro atoms. The highest BCUT2D eigenvalue weighted by atomic mass is 28.4. The minimum absolute atomic E-state index is 0.0513. The average molecular weight is 612 g/mol. The van der Waals surface area contributed by atoms with Crippen molar-refractivity contribution in [3.8, 4) is 17.5 Å². The standard InChI is InChI=1S/C39H41N3O2Si/c1-39(2,3)45(34-15-9-5-10-16-34,35-17-11-6-12-18-35)44-28-30-23-31(24-30)36-26-42(37(25-40)38(36)41)32-19-21-33(22-20-32)43-27-29-13-7-4-8-14-29/h4-22,26,30-31H,23-24,27-28,41H2,1-3H3. The molecule has 5 aromatic rings. The Kier molecular flexibility index (Phi) is 8.67. The monoisotopic (exact) mass is 611 g/mol. The summed E-state index contributed by atoms with van der Waals surface area (Å²) >= 11 is 0. The maximum Gasteiger partial charge on any atom is 0.261 e. The van der Waals surface area contributed by atoms with Crippen molar-refractivity contribution in [2.24, 2.45) is 5.92 Å². The van der Waals surface area contributed by atoms with Gasteiger partial charge in [-0.25, -0.2) is 0 Å². The van der Waals surface area contributed by atoms with Gasteiger partial charge in [0.2, 0.25) is 0 Å². The van der Waals surface area contributed by atoms with Crippen molar-refractivity contribution < 1.29 is 9.16 Å². The predicted molar refractivity (Wildman–Crippen MR) is 185 cm³/mol. The predicted octanol–water partition coefficient (Wildman–Crippen LogP) is 7.58. The Balaban J connectivity index is 1.16. The fraction of sp³-hybridized carbons (Fsp3) is 0.256. The topological polar surface area (TPSA) is 73.2 Å². The number of benzene rings is 4. The van der Waals surface area contributed by atoms with Gasteiger partial charge in [-0.1, -0.05) is 112 Å². The molecule has 0 bridgehead atoms. The van der Waals surface area contributed by atoms with Gasteiger partial charge in [0.05, 0.1) is 5.69 Å². The van der Waals surface area contributed by atoms with E-state index in [1.54, 1.807) is 0 Å². The summed E-state index contributed by atoms with van der Waals surface area (Å²) in [4.78, 5) is 0. The van der Waals surface area contributed by atoms with Gasteiger partial charge in [-0.3, -0.25) is 0 Å². The molecule has 0 aliphatic heterocycles. The lowest BCUT2D eigenvalue weighted by molar-refractivity contribution is 0.151. The van der Waals surface area contributed by atoms with E-state index in [2.05, 4.69) is 93.7 Å².